The van der Waals surface area contributed by atoms with E-state index in [-0.39, 0.29) is 48.4 Å². The van der Waals surface area contributed by atoms with Crippen molar-refractivity contribution in [2.75, 3.05) is 83.8 Å². The van der Waals surface area contributed by atoms with E-state index in [0.29, 0.717) is 113 Å². The fourth-order valence-electron chi connectivity index (χ4n) is 9.96. The van der Waals surface area contributed by atoms with Crippen molar-refractivity contribution >= 4 is 75.6 Å². The van der Waals surface area contributed by atoms with Gasteiger partial charge in [-0.25, -0.2) is 4.98 Å². The first-order valence-corrected chi connectivity index (χ1v) is 24.7. The summed E-state index contributed by atoms with van der Waals surface area (Å²) in [6, 6.07) is 13.5. The Kier molecular flexibility index (Phi) is 15.8. The van der Waals surface area contributed by atoms with Crippen LogP contribution in [0.25, 0.3) is 22.2 Å². The molecule has 0 aliphatic carbocycles. The normalized spacial score (nSPS) is 16.5. The van der Waals surface area contributed by atoms with Crippen molar-refractivity contribution in [2.24, 2.45) is 5.92 Å². The molecule has 0 saturated carbocycles. The van der Waals surface area contributed by atoms with E-state index in [2.05, 4.69) is 42.1 Å². The molecule has 0 unspecified atom stereocenters. The average Bonchev–Trinajstić information content (AvgIpc) is 3.80. The van der Waals surface area contributed by atoms with Gasteiger partial charge in [0.15, 0.2) is 11.5 Å². The topological polar surface area (TPSA) is 238 Å². The van der Waals surface area contributed by atoms with Crippen LogP contribution in [-0.4, -0.2) is 144 Å². The molecule has 72 heavy (non-hydrogen) atoms. The number of amidine groups is 1. The molecule has 0 bridgehead atoms. The van der Waals surface area contributed by atoms with Crippen molar-refractivity contribution in [3.05, 3.63) is 87.3 Å². The van der Waals surface area contributed by atoms with Gasteiger partial charge in [-0.2, -0.15) is 10.4 Å². The summed E-state index contributed by atoms with van der Waals surface area (Å²) in [6.45, 7) is 7.75. The SMILES string of the molecule is CNC(=O)CCN(C=O)C(=N)c1ccc(C2CCN(CC(=O)N3CCC(C(=O)NC4(C)CN(c5ncc(-c6n[nH]c7cc(OC)c(O[C@H](C)c8c(Cl)cncc8Cl)cc67)cc5C#N)C4)CC3)CC2)cc1NC. The monoisotopic (exact) mass is 1020 g/mol. The molecule has 8 rings (SSSR count). The Balaban J connectivity index is 0.804. The Labute approximate surface area is 428 Å². The third-order valence-corrected chi connectivity index (χ3v) is 14.6. The second-order valence-electron chi connectivity index (χ2n) is 18.8. The lowest BCUT2D eigenvalue weighted by Gasteiger charge is -2.49. The lowest BCUT2D eigenvalue weighted by atomic mass is 9.88. The van der Waals surface area contributed by atoms with E-state index in [9.17, 15) is 24.4 Å². The molecular weight excluding hydrogens is 962 g/mol. The first-order chi connectivity index (χ1) is 34.7. The number of fused-ring (bicyclic) bond motifs is 1. The molecule has 0 spiro atoms. The highest BCUT2D eigenvalue weighted by Gasteiger charge is 2.43. The van der Waals surface area contributed by atoms with Gasteiger partial charge in [0.05, 0.1) is 40.3 Å². The van der Waals surface area contributed by atoms with Crippen LogP contribution in [-0.2, 0) is 19.2 Å². The highest BCUT2D eigenvalue weighted by Crippen LogP contribution is 2.41. The van der Waals surface area contributed by atoms with E-state index in [0.717, 1.165) is 42.6 Å². The number of H-pyrrole nitrogens is 1. The highest BCUT2D eigenvalue weighted by molar-refractivity contribution is 6.35. The molecule has 0 radical (unpaired) electrons. The van der Waals surface area contributed by atoms with Crippen molar-refractivity contribution in [1.82, 2.24) is 45.5 Å². The molecule has 6 heterocycles. The molecule has 1 atom stereocenters. The molecule has 4 amide bonds. The Morgan fingerprint density at radius 2 is 1.75 bits per heavy atom. The standard InChI is InChI=1S/C51H59Cl2N13O6/c1-30(46-38(52)24-58-25-39(46)53)72-43-20-37-41(21-42(43)71-5)61-62-47(37)35-18-34(22-54)49(59-23-35)66-27-51(2,28-66)60-50(70)32-10-15-64(16-11-32)45(69)26-63-13-8-31(9-14-63)33-6-7-36(40(19-33)56-3)48(55)65(29-67)17-12-44(68)57-4/h6-7,18-21,23-25,29-32,55-56H,8-17,26-28H2,1-5H3,(H,57,68)(H,60,70)(H,61,62)/t30-/m1/s1. The molecule has 19 nitrogen and oxygen atoms in total. The van der Waals surface area contributed by atoms with E-state index in [1.807, 2.05) is 47.9 Å². The average molecular weight is 1020 g/mol. The van der Waals surface area contributed by atoms with Gasteiger partial charge in [-0.15, -0.1) is 0 Å². The first-order valence-electron chi connectivity index (χ1n) is 24.0. The number of nitrogens with zero attached hydrogens (tertiary/aromatic N) is 8. The van der Waals surface area contributed by atoms with Gasteiger partial charge in [0, 0.05) is 112 Å². The van der Waals surface area contributed by atoms with E-state index < -0.39 is 11.6 Å². The summed E-state index contributed by atoms with van der Waals surface area (Å²) < 4.78 is 12.0. The molecule has 3 fully saturated rings. The van der Waals surface area contributed by atoms with Crippen molar-refractivity contribution < 1.29 is 28.7 Å². The van der Waals surface area contributed by atoms with E-state index in [1.165, 1.54) is 24.3 Å². The van der Waals surface area contributed by atoms with Gasteiger partial charge in [-0.05, 0) is 88.4 Å². The number of carbonyl (C=O) groups excluding carboxylic acids is 4. The van der Waals surface area contributed by atoms with Crippen molar-refractivity contribution in [2.45, 2.75) is 63.5 Å². The molecule has 378 valence electrons. The Hall–Kier alpha value is -7.01. The number of pyridine rings is 2. The third kappa shape index (κ3) is 11.1. The van der Waals surface area contributed by atoms with Crippen LogP contribution in [0.4, 0.5) is 11.5 Å². The highest BCUT2D eigenvalue weighted by atomic mass is 35.5. The number of carbonyl (C=O) groups is 4. The summed E-state index contributed by atoms with van der Waals surface area (Å²) in [5.41, 5.74) is 4.75. The Morgan fingerprint density at radius 3 is 2.40 bits per heavy atom. The van der Waals surface area contributed by atoms with Gasteiger partial charge in [0.25, 0.3) is 0 Å². The van der Waals surface area contributed by atoms with Gasteiger partial charge >= 0.3 is 0 Å². The van der Waals surface area contributed by atoms with E-state index in [1.54, 1.807) is 32.5 Å². The third-order valence-electron chi connectivity index (χ3n) is 14.0. The Bertz CT molecular complexity index is 2880. The number of hydrogen-bond donors (Lipinski definition) is 5. The summed E-state index contributed by atoms with van der Waals surface area (Å²) in [6.07, 6.45) is 7.73. The predicted octanol–water partition coefficient (Wildman–Crippen LogP) is 6.12. The number of amides is 4. The number of likely N-dealkylation sites (tertiary alicyclic amines) is 2. The molecule has 3 aliphatic rings. The Morgan fingerprint density at radius 1 is 1.03 bits per heavy atom. The number of halogens is 2. The maximum atomic E-state index is 13.6. The molecule has 2 aromatic carbocycles. The van der Waals surface area contributed by atoms with Crippen LogP contribution in [0.5, 0.6) is 11.5 Å². The number of hydrogen-bond acceptors (Lipinski definition) is 14. The molecule has 3 aliphatic heterocycles. The maximum Gasteiger partial charge on any atom is 0.236 e. The van der Waals surface area contributed by atoms with Crippen LogP contribution >= 0.6 is 23.2 Å². The van der Waals surface area contributed by atoms with Crippen molar-refractivity contribution in [3.8, 4) is 28.8 Å². The largest absolute Gasteiger partial charge is 0.493 e. The number of rotatable bonds is 17. The molecule has 3 saturated heterocycles. The van der Waals surface area contributed by atoms with Gasteiger partial charge in [-0.1, -0.05) is 29.3 Å². The van der Waals surface area contributed by atoms with Gasteiger partial charge in [0.2, 0.25) is 24.1 Å². The van der Waals surface area contributed by atoms with Gasteiger partial charge in [0.1, 0.15) is 29.5 Å². The van der Waals surface area contributed by atoms with Crippen LogP contribution in [0, 0.1) is 22.7 Å². The molecule has 5 N–H and O–H groups in total. The number of nitriles is 1. The van der Waals surface area contributed by atoms with Crippen LogP contribution in [0.15, 0.2) is 55.0 Å². The minimum atomic E-state index is -0.541. The number of ether oxygens (including phenoxy) is 2. The molecule has 5 aromatic rings. The summed E-state index contributed by atoms with van der Waals surface area (Å²) in [5.74, 6) is 1.34. The number of anilines is 2. The fourth-order valence-corrected chi connectivity index (χ4v) is 10.6. The van der Waals surface area contributed by atoms with Gasteiger partial charge in [-0.3, -0.25) is 44.5 Å². The molecular formula is C51H59Cl2N13O6. The van der Waals surface area contributed by atoms with Crippen LogP contribution in [0.1, 0.15) is 80.2 Å². The smallest absolute Gasteiger partial charge is 0.236 e. The van der Waals surface area contributed by atoms with Crippen molar-refractivity contribution in [1.29, 1.82) is 10.7 Å². The van der Waals surface area contributed by atoms with Gasteiger partial charge < -0.3 is 35.2 Å². The summed E-state index contributed by atoms with van der Waals surface area (Å²) in [7, 11) is 4.86. The van der Waals surface area contributed by atoms with Crippen LogP contribution in [0.2, 0.25) is 10.0 Å². The quantitative estimate of drug-likeness (QED) is 0.0402. The number of nitrogens with one attached hydrogen (secondary N) is 5. The van der Waals surface area contributed by atoms with Crippen molar-refractivity contribution in [3.63, 3.8) is 0 Å². The number of methoxy groups -OCH3 is 1. The number of aromatic amines is 1. The summed E-state index contributed by atoms with van der Waals surface area (Å²) in [5, 5.41) is 37.0. The number of benzene rings is 2. The summed E-state index contributed by atoms with van der Waals surface area (Å²) >= 11 is 12.8. The van der Waals surface area contributed by atoms with Crippen LogP contribution in [0.3, 0.4) is 0 Å². The van der Waals surface area contributed by atoms with Crippen LogP contribution < -0.4 is 30.3 Å². The van der Waals surface area contributed by atoms with E-state index >= 15 is 0 Å². The first kappa shape index (κ1) is 51.3. The molecule has 21 heteroatoms. The predicted molar refractivity (Wildman–Crippen MR) is 275 cm³/mol. The minimum absolute atomic E-state index is 0.0222. The second kappa shape index (κ2) is 22.2. The molecule has 3 aromatic heterocycles. The number of piperidine rings is 2. The zero-order valence-electron chi connectivity index (χ0n) is 41.0. The second-order valence-corrected chi connectivity index (χ2v) is 19.7. The number of aromatic nitrogens is 4. The zero-order valence-corrected chi connectivity index (χ0v) is 42.5. The zero-order chi connectivity index (χ0) is 51.3. The maximum absolute atomic E-state index is 13.6. The van der Waals surface area contributed by atoms with E-state index in [4.69, 9.17) is 43.1 Å². The lowest BCUT2D eigenvalue weighted by molar-refractivity contribution is -0.137. The summed E-state index contributed by atoms with van der Waals surface area (Å²) in [4.78, 5) is 66.7. The fraction of sp³-hybridized carbons (Fsp3) is 0.431. The minimum Gasteiger partial charge on any atom is -0.493 e. The lowest BCUT2D eigenvalue weighted by Crippen LogP contribution is -2.69.